The van der Waals surface area contributed by atoms with E-state index in [4.69, 9.17) is 8.92 Å². The molecule has 0 N–H and O–H groups in total. The molecule has 2 rings (SSSR count). The quantitative estimate of drug-likeness (QED) is 0.452. The molecule has 0 saturated carbocycles. The van der Waals surface area contributed by atoms with Gasteiger partial charge in [-0.25, -0.2) is 0 Å². The fourth-order valence-corrected chi connectivity index (χ4v) is 2.38. The Balaban J connectivity index is 2.12. The Labute approximate surface area is 104 Å². The number of nitro groups is 1. The van der Waals surface area contributed by atoms with Crippen LogP contribution in [-0.4, -0.2) is 32.7 Å². The van der Waals surface area contributed by atoms with Crippen molar-refractivity contribution >= 4 is 15.8 Å². The van der Waals surface area contributed by atoms with Gasteiger partial charge >= 0.3 is 0 Å². The summed E-state index contributed by atoms with van der Waals surface area (Å²) >= 11 is 0. The molecule has 0 aliphatic carbocycles. The average Bonchev–Trinajstić information content (AvgIpc) is 2.27. The third kappa shape index (κ3) is 2.84. The van der Waals surface area contributed by atoms with Crippen molar-refractivity contribution in [1.29, 1.82) is 0 Å². The Kier molecular flexibility index (Phi) is 3.60. The van der Waals surface area contributed by atoms with Gasteiger partial charge in [-0.15, -0.1) is 0 Å². The van der Waals surface area contributed by atoms with Gasteiger partial charge in [-0.3, -0.25) is 14.3 Å². The van der Waals surface area contributed by atoms with Crippen LogP contribution in [0.2, 0.25) is 0 Å². The Morgan fingerprint density at radius 2 is 2.22 bits per heavy atom. The lowest BCUT2D eigenvalue weighted by atomic mass is 10.2. The molecular formula is C10H11NO6S. The number of rotatable bonds is 5. The minimum atomic E-state index is -3.97. The molecule has 1 fully saturated rings. The van der Waals surface area contributed by atoms with Gasteiger partial charge in [0.25, 0.3) is 15.8 Å². The molecule has 1 aliphatic heterocycles. The lowest BCUT2D eigenvalue weighted by Crippen LogP contribution is -2.32. The highest BCUT2D eigenvalue weighted by atomic mass is 32.2. The zero-order chi connectivity index (χ0) is 13.2. The summed E-state index contributed by atoms with van der Waals surface area (Å²) in [6.45, 7) is 0.538. The van der Waals surface area contributed by atoms with Crippen molar-refractivity contribution in [2.75, 3.05) is 13.2 Å². The number of hydrogen-bond acceptors (Lipinski definition) is 6. The van der Waals surface area contributed by atoms with Crippen molar-refractivity contribution in [2.45, 2.75) is 17.4 Å². The van der Waals surface area contributed by atoms with E-state index in [1.807, 2.05) is 0 Å². The second kappa shape index (κ2) is 5.01. The van der Waals surface area contributed by atoms with Gasteiger partial charge in [0.1, 0.15) is 4.90 Å². The van der Waals surface area contributed by atoms with Crippen LogP contribution in [0.3, 0.4) is 0 Å². The highest BCUT2D eigenvalue weighted by Gasteiger charge is 2.24. The summed E-state index contributed by atoms with van der Waals surface area (Å²) < 4.78 is 33.3. The summed E-state index contributed by atoms with van der Waals surface area (Å²) in [7, 11) is -3.97. The minimum Gasteiger partial charge on any atom is -0.376 e. The number of nitrogens with zero attached hydrogens (tertiary/aromatic N) is 1. The van der Waals surface area contributed by atoms with E-state index in [0.29, 0.717) is 6.61 Å². The van der Waals surface area contributed by atoms with E-state index in [1.165, 1.54) is 18.2 Å². The predicted octanol–water partition coefficient (Wildman–Crippen LogP) is 1.09. The summed E-state index contributed by atoms with van der Waals surface area (Å²) in [4.78, 5) is 9.67. The summed E-state index contributed by atoms with van der Waals surface area (Å²) in [5.41, 5.74) is -0.292. The molecule has 0 spiro atoms. The number of hydrogen-bond donors (Lipinski definition) is 0. The minimum absolute atomic E-state index is 0.0645. The van der Waals surface area contributed by atoms with Gasteiger partial charge in [0.15, 0.2) is 0 Å². The molecule has 1 aliphatic rings. The van der Waals surface area contributed by atoms with Crippen molar-refractivity contribution in [1.82, 2.24) is 0 Å². The maximum atomic E-state index is 11.8. The molecule has 8 heteroatoms. The third-order valence-electron chi connectivity index (χ3n) is 2.52. The second-order valence-corrected chi connectivity index (χ2v) is 5.39. The molecule has 1 heterocycles. The van der Waals surface area contributed by atoms with Crippen LogP contribution in [-0.2, 0) is 19.0 Å². The topological polar surface area (TPSA) is 95.7 Å². The van der Waals surface area contributed by atoms with E-state index < -0.39 is 15.0 Å². The highest BCUT2D eigenvalue weighted by molar-refractivity contribution is 7.86. The number of non-ortho nitro benzene ring substituents is 1. The average molecular weight is 273 g/mol. The summed E-state index contributed by atoms with van der Waals surface area (Å²) in [6.07, 6.45) is 0.545. The first-order chi connectivity index (χ1) is 8.49. The van der Waals surface area contributed by atoms with Crippen LogP contribution in [0.5, 0.6) is 0 Å². The van der Waals surface area contributed by atoms with Crippen LogP contribution in [0, 0.1) is 10.1 Å². The first-order valence-corrected chi connectivity index (χ1v) is 6.65. The van der Waals surface area contributed by atoms with Gasteiger partial charge in [-0.05, 0) is 12.5 Å². The third-order valence-corrected chi connectivity index (χ3v) is 3.80. The Morgan fingerprint density at radius 3 is 2.78 bits per heavy atom. The standard InChI is InChI=1S/C10H11NO6S/c12-11(13)8-2-1-3-10(6-8)18(14,15)17-7-9-4-5-16-9/h1-3,6,9H,4-5,7H2/t9-/m0/s1. The molecule has 0 radical (unpaired) electrons. The fraction of sp³-hybridized carbons (Fsp3) is 0.400. The molecule has 98 valence electrons. The van der Waals surface area contributed by atoms with Gasteiger partial charge in [0.2, 0.25) is 0 Å². The van der Waals surface area contributed by atoms with Gasteiger partial charge in [0.05, 0.1) is 17.6 Å². The van der Waals surface area contributed by atoms with Gasteiger partial charge in [-0.2, -0.15) is 8.42 Å². The van der Waals surface area contributed by atoms with Crippen molar-refractivity contribution in [3.63, 3.8) is 0 Å². The summed E-state index contributed by atoms with van der Waals surface area (Å²) in [6, 6.07) is 4.74. The van der Waals surface area contributed by atoms with Gasteiger partial charge in [0, 0.05) is 18.7 Å². The van der Waals surface area contributed by atoms with E-state index >= 15 is 0 Å². The van der Waals surface area contributed by atoms with E-state index in [0.717, 1.165) is 12.5 Å². The van der Waals surface area contributed by atoms with E-state index in [9.17, 15) is 18.5 Å². The van der Waals surface area contributed by atoms with Crippen molar-refractivity contribution in [3.05, 3.63) is 34.4 Å². The molecule has 0 bridgehead atoms. The van der Waals surface area contributed by atoms with Crippen molar-refractivity contribution < 1.29 is 22.3 Å². The van der Waals surface area contributed by atoms with E-state index in [-0.39, 0.29) is 23.3 Å². The lowest BCUT2D eigenvalue weighted by molar-refractivity contribution is -0.385. The van der Waals surface area contributed by atoms with Crippen LogP contribution in [0.25, 0.3) is 0 Å². The van der Waals surface area contributed by atoms with Crippen LogP contribution in [0.4, 0.5) is 5.69 Å². The Morgan fingerprint density at radius 1 is 1.50 bits per heavy atom. The SMILES string of the molecule is O=[N+]([O-])c1cccc(S(=O)(=O)OC[C@@H]2CCO2)c1. The number of nitro benzene ring substituents is 1. The molecule has 1 atom stereocenters. The zero-order valence-corrected chi connectivity index (χ0v) is 10.1. The second-order valence-electron chi connectivity index (χ2n) is 3.77. The van der Waals surface area contributed by atoms with Crippen LogP contribution in [0.1, 0.15) is 6.42 Å². The monoisotopic (exact) mass is 273 g/mol. The summed E-state index contributed by atoms with van der Waals surface area (Å²) in [5, 5.41) is 10.6. The number of benzene rings is 1. The van der Waals surface area contributed by atoms with E-state index in [2.05, 4.69) is 0 Å². The molecule has 18 heavy (non-hydrogen) atoms. The first kappa shape index (κ1) is 12.9. The summed E-state index contributed by atoms with van der Waals surface area (Å²) in [5.74, 6) is 0. The number of ether oxygens (including phenoxy) is 1. The highest BCUT2D eigenvalue weighted by Crippen LogP contribution is 2.20. The maximum absolute atomic E-state index is 11.8. The van der Waals surface area contributed by atoms with Crippen LogP contribution in [0.15, 0.2) is 29.2 Å². The molecule has 1 saturated heterocycles. The van der Waals surface area contributed by atoms with E-state index in [1.54, 1.807) is 0 Å². The van der Waals surface area contributed by atoms with Gasteiger partial charge < -0.3 is 4.74 Å². The molecular weight excluding hydrogens is 262 g/mol. The normalized spacial score (nSPS) is 19.2. The van der Waals surface area contributed by atoms with Crippen LogP contribution < -0.4 is 0 Å². The molecule has 0 amide bonds. The Bertz CT molecular complexity index is 551. The molecule has 7 nitrogen and oxygen atoms in total. The van der Waals surface area contributed by atoms with Crippen LogP contribution >= 0.6 is 0 Å². The Hall–Kier alpha value is -1.51. The maximum Gasteiger partial charge on any atom is 0.297 e. The molecule has 1 aromatic rings. The smallest absolute Gasteiger partial charge is 0.297 e. The largest absolute Gasteiger partial charge is 0.376 e. The predicted molar refractivity (Wildman–Crippen MR) is 60.6 cm³/mol. The molecule has 0 unspecified atom stereocenters. The fourth-order valence-electron chi connectivity index (χ4n) is 1.40. The van der Waals surface area contributed by atoms with Crippen molar-refractivity contribution in [2.24, 2.45) is 0 Å². The lowest BCUT2D eigenvalue weighted by Gasteiger charge is -2.25. The zero-order valence-electron chi connectivity index (χ0n) is 9.31. The van der Waals surface area contributed by atoms with Crippen molar-refractivity contribution in [3.8, 4) is 0 Å². The van der Waals surface area contributed by atoms with Gasteiger partial charge in [-0.1, -0.05) is 6.07 Å². The molecule has 0 aromatic heterocycles. The first-order valence-electron chi connectivity index (χ1n) is 5.24. The molecule has 1 aromatic carbocycles.